The Balaban J connectivity index is 2.44. The van der Waals surface area contributed by atoms with Crippen LogP contribution in [0.1, 0.15) is 24.0 Å². The monoisotopic (exact) mass is 255 g/mol. The maximum Gasteiger partial charge on any atom is 0.303 e. The van der Waals surface area contributed by atoms with Crippen LogP contribution in [0, 0.1) is 6.92 Å². The van der Waals surface area contributed by atoms with E-state index in [-0.39, 0.29) is 6.42 Å². The van der Waals surface area contributed by atoms with E-state index >= 15 is 0 Å². The highest BCUT2D eigenvalue weighted by atomic mass is 35.5. The first-order chi connectivity index (χ1) is 7.99. The molecular weight excluding hydrogens is 238 g/mol. The second kappa shape index (κ2) is 6.62. The number of carboxylic acid groups (broad SMARTS) is 1. The van der Waals surface area contributed by atoms with Crippen LogP contribution >= 0.6 is 11.6 Å². The predicted octanol–water partition coefficient (Wildman–Crippen LogP) is 2.95. The van der Waals surface area contributed by atoms with Crippen LogP contribution in [0.3, 0.4) is 0 Å². The summed E-state index contributed by atoms with van der Waals surface area (Å²) < 4.78 is 0. The summed E-state index contributed by atoms with van der Waals surface area (Å²) in [4.78, 5) is 12.5. The van der Waals surface area contributed by atoms with Crippen LogP contribution in [0.15, 0.2) is 18.2 Å². The zero-order valence-electron chi connectivity index (χ0n) is 10.2. The minimum absolute atomic E-state index is 0.226. The van der Waals surface area contributed by atoms with Gasteiger partial charge in [0.05, 0.1) is 0 Å². The highest BCUT2D eigenvalue weighted by Crippen LogP contribution is 2.16. The molecular formula is C13H18ClNO2. The van der Waals surface area contributed by atoms with Crippen molar-refractivity contribution in [3.05, 3.63) is 34.3 Å². The minimum Gasteiger partial charge on any atom is -0.481 e. The van der Waals surface area contributed by atoms with Crippen LogP contribution in [0.25, 0.3) is 0 Å². The van der Waals surface area contributed by atoms with Gasteiger partial charge in [-0.05, 0) is 50.2 Å². The number of hydrogen-bond acceptors (Lipinski definition) is 2. The van der Waals surface area contributed by atoms with E-state index in [1.807, 2.05) is 32.2 Å². The normalized spacial score (nSPS) is 10.8. The zero-order chi connectivity index (χ0) is 12.8. The largest absolute Gasteiger partial charge is 0.481 e. The van der Waals surface area contributed by atoms with Gasteiger partial charge in [0.15, 0.2) is 0 Å². The van der Waals surface area contributed by atoms with E-state index in [2.05, 4.69) is 4.90 Å². The second-order valence-electron chi connectivity index (χ2n) is 4.31. The van der Waals surface area contributed by atoms with Gasteiger partial charge in [0.25, 0.3) is 0 Å². The van der Waals surface area contributed by atoms with Gasteiger partial charge in [0, 0.05) is 18.0 Å². The van der Waals surface area contributed by atoms with E-state index in [1.54, 1.807) is 0 Å². The molecule has 0 heterocycles. The molecule has 1 N–H and O–H groups in total. The Morgan fingerprint density at radius 2 is 2.18 bits per heavy atom. The van der Waals surface area contributed by atoms with Crippen molar-refractivity contribution in [1.82, 2.24) is 4.90 Å². The third-order valence-electron chi connectivity index (χ3n) is 2.68. The van der Waals surface area contributed by atoms with Crippen molar-refractivity contribution in [2.75, 3.05) is 13.6 Å². The molecule has 94 valence electrons. The quantitative estimate of drug-likeness (QED) is 0.850. The summed E-state index contributed by atoms with van der Waals surface area (Å²) in [7, 11) is 2.00. The van der Waals surface area contributed by atoms with Crippen LogP contribution in [-0.2, 0) is 11.3 Å². The number of carboxylic acids is 1. The Bertz CT molecular complexity index is 393. The van der Waals surface area contributed by atoms with Gasteiger partial charge in [0.2, 0.25) is 0 Å². The molecule has 17 heavy (non-hydrogen) atoms. The van der Waals surface area contributed by atoms with Gasteiger partial charge in [-0.1, -0.05) is 17.7 Å². The maximum absolute atomic E-state index is 10.4. The van der Waals surface area contributed by atoms with Crippen LogP contribution in [0.2, 0.25) is 5.02 Å². The number of benzene rings is 1. The lowest BCUT2D eigenvalue weighted by Gasteiger charge is -2.17. The van der Waals surface area contributed by atoms with E-state index in [0.29, 0.717) is 6.42 Å². The van der Waals surface area contributed by atoms with Crippen molar-refractivity contribution < 1.29 is 9.90 Å². The van der Waals surface area contributed by atoms with Gasteiger partial charge in [-0.15, -0.1) is 0 Å². The molecule has 0 bridgehead atoms. The molecule has 0 aliphatic heterocycles. The summed E-state index contributed by atoms with van der Waals surface area (Å²) in [5.74, 6) is -0.735. The predicted molar refractivity (Wildman–Crippen MR) is 69.4 cm³/mol. The number of nitrogens with zero attached hydrogens (tertiary/aromatic N) is 1. The molecule has 3 nitrogen and oxygen atoms in total. The number of hydrogen-bond donors (Lipinski definition) is 1. The fourth-order valence-electron chi connectivity index (χ4n) is 1.71. The van der Waals surface area contributed by atoms with Crippen molar-refractivity contribution in [2.24, 2.45) is 0 Å². The summed E-state index contributed by atoms with van der Waals surface area (Å²) in [6.45, 7) is 3.64. The Hall–Kier alpha value is -1.06. The Kier molecular flexibility index (Phi) is 5.45. The number of carbonyl (C=O) groups is 1. The SMILES string of the molecule is Cc1cc(Cl)ccc1CN(C)CCCC(=O)O. The summed E-state index contributed by atoms with van der Waals surface area (Å²) in [5.41, 5.74) is 2.40. The molecule has 0 aromatic heterocycles. The number of rotatable bonds is 6. The van der Waals surface area contributed by atoms with Crippen molar-refractivity contribution in [2.45, 2.75) is 26.3 Å². The third-order valence-corrected chi connectivity index (χ3v) is 2.91. The summed E-state index contributed by atoms with van der Waals surface area (Å²) >= 11 is 5.89. The first-order valence-electron chi connectivity index (χ1n) is 5.64. The summed E-state index contributed by atoms with van der Waals surface area (Å²) in [6.07, 6.45) is 0.905. The summed E-state index contributed by atoms with van der Waals surface area (Å²) in [6, 6.07) is 5.85. The van der Waals surface area contributed by atoms with E-state index in [9.17, 15) is 4.79 Å². The zero-order valence-corrected chi connectivity index (χ0v) is 11.0. The molecule has 0 amide bonds. The van der Waals surface area contributed by atoms with Crippen molar-refractivity contribution >= 4 is 17.6 Å². The van der Waals surface area contributed by atoms with E-state index in [4.69, 9.17) is 16.7 Å². The van der Waals surface area contributed by atoms with Crippen LogP contribution < -0.4 is 0 Å². The molecule has 0 atom stereocenters. The minimum atomic E-state index is -0.735. The van der Waals surface area contributed by atoms with Gasteiger partial charge in [-0.3, -0.25) is 4.79 Å². The lowest BCUT2D eigenvalue weighted by Crippen LogP contribution is -2.20. The molecule has 0 radical (unpaired) electrons. The molecule has 0 unspecified atom stereocenters. The summed E-state index contributed by atoms with van der Waals surface area (Å²) in [5, 5.41) is 9.31. The lowest BCUT2D eigenvalue weighted by atomic mass is 10.1. The maximum atomic E-state index is 10.4. The topological polar surface area (TPSA) is 40.5 Å². The Morgan fingerprint density at radius 3 is 2.76 bits per heavy atom. The van der Waals surface area contributed by atoms with Crippen LogP contribution in [-0.4, -0.2) is 29.6 Å². The molecule has 0 fully saturated rings. The molecule has 0 aliphatic carbocycles. The highest BCUT2D eigenvalue weighted by Gasteiger charge is 2.05. The van der Waals surface area contributed by atoms with Crippen molar-refractivity contribution in [3.63, 3.8) is 0 Å². The third kappa shape index (κ3) is 5.20. The molecule has 1 aromatic rings. The first-order valence-corrected chi connectivity index (χ1v) is 6.02. The van der Waals surface area contributed by atoms with E-state index in [0.717, 1.165) is 18.1 Å². The van der Waals surface area contributed by atoms with Crippen molar-refractivity contribution in [3.8, 4) is 0 Å². The fraction of sp³-hybridized carbons (Fsp3) is 0.462. The van der Waals surface area contributed by atoms with Gasteiger partial charge >= 0.3 is 5.97 Å². The highest BCUT2D eigenvalue weighted by molar-refractivity contribution is 6.30. The van der Waals surface area contributed by atoms with Gasteiger partial charge in [0.1, 0.15) is 0 Å². The molecule has 1 rings (SSSR count). The number of halogens is 1. The average molecular weight is 256 g/mol. The van der Waals surface area contributed by atoms with E-state index in [1.165, 1.54) is 11.1 Å². The molecule has 0 aliphatic rings. The smallest absolute Gasteiger partial charge is 0.303 e. The van der Waals surface area contributed by atoms with Gasteiger partial charge in [-0.2, -0.15) is 0 Å². The van der Waals surface area contributed by atoms with E-state index < -0.39 is 5.97 Å². The van der Waals surface area contributed by atoms with Gasteiger partial charge in [-0.25, -0.2) is 0 Å². The van der Waals surface area contributed by atoms with Crippen molar-refractivity contribution in [1.29, 1.82) is 0 Å². The molecule has 0 saturated carbocycles. The number of aryl methyl sites for hydroxylation is 1. The van der Waals surface area contributed by atoms with Gasteiger partial charge < -0.3 is 10.0 Å². The lowest BCUT2D eigenvalue weighted by molar-refractivity contribution is -0.137. The van der Waals surface area contributed by atoms with Crippen LogP contribution in [0.4, 0.5) is 0 Å². The first kappa shape index (κ1) is 14.0. The molecule has 4 heteroatoms. The second-order valence-corrected chi connectivity index (χ2v) is 4.74. The number of aliphatic carboxylic acids is 1. The Morgan fingerprint density at radius 1 is 1.47 bits per heavy atom. The average Bonchev–Trinajstić information content (AvgIpc) is 2.21. The molecule has 0 saturated heterocycles. The van der Waals surface area contributed by atoms with Crippen LogP contribution in [0.5, 0.6) is 0 Å². The standard InChI is InChI=1S/C13H18ClNO2/c1-10-8-12(14)6-5-11(10)9-15(2)7-3-4-13(16)17/h5-6,8H,3-4,7,9H2,1-2H3,(H,16,17). The Labute approximate surface area is 107 Å². The molecule has 1 aromatic carbocycles. The fourth-order valence-corrected chi connectivity index (χ4v) is 1.93. The molecule has 0 spiro atoms.